The van der Waals surface area contributed by atoms with E-state index in [2.05, 4.69) is 5.32 Å². The molecule has 4 atom stereocenters. The van der Waals surface area contributed by atoms with Crippen molar-refractivity contribution in [1.29, 1.82) is 0 Å². The van der Waals surface area contributed by atoms with Crippen molar-refractivity contribution in [3.63, 3.8) is 0 Å². The van der Waals surface area contributed by atoms with Crippen LogP contribution in [0.3, 0.4) is 0 Å². The monoisotopic (exact) mass is 456 g/mol. The number of fused-ring (bicyclic) bond motifs is 1. The van der Waals surface area contributed by atoms with Gasteiger partial charge in [-0.15, -0.1) is 0 Å². The molecule has 8 heteroatoms. The highest BCUT2D eigenvalue weighted by Crippen LogP contribution is 2.28. The van der Waals surface area contributed by atoms with Crippen molar-refractivity contribution in [2.75, 3.05) is 19.8 Å². The van der Waals surface area contributed by atoms with Crippen molar-refractivity contribution < 1.29 is 28.6 Å². The summed E-state index contributed by atoms with van der Waals surface area (Å²) in [4.78, 5) is 27.3. The minimum atomic E-state index is -0.773. The fraction of sp³-hybridized carbons (Fsp3) is 0.440. The van der Waals surface area contributed by atoms with E-state index in [4.69, 9.17) is 9.47 Å². The number of amides is 2. The van der Waals surface area contributed by atoms with Crippen molar-refractivity contribution in [2.45, 2.75) is 50.2 Å². The molecular formula is C25H29FN2O5. The van der Waals surface area contributed by atoms with Gasteiger partial charge in [0.1, 0.15) is 11.9 Å². The number of rotatable bonds is 5. The quantitative estimate of drug-likeness (QED) is 0.721. The summed E-state index contributed by atoms with van der Waals surface area (Å²) in [5.74, 6) is -0.670. The molecule has 2 heterocycles. The number of nitrogens with one attached hydrogen (secondary N) is 1. The largest absolute Gasteiger partial charge is 0.389 e. The molecule has 33 heavy (non-hydrogen) atoms. The van der Waals surface area contributed by atoms with Crippen LogP contribution in [0.25, 0.3) is 0 Å². The average Bonchev–Trinajstić information content (AvgIpc) is 2.81. The van der Waals surface area contributed by atoms with Crippen LogP contribution in [0.15, 0.2) is 54.6 Å². The predicted molar refractivity (Wildman–Crippen MR) is 119 cm³/mol. The van der Waals surface area contributed by atoms with Crippen LogP contribution in [0.5, 0.6) is 0 Å². The van der Waals surface area contributed by atoms with Gasteiger partial charge in [-0.3, -0.25) is 9.59 Å². The van der Waals surface area contributed by atoms with E-state index in [1.54, 1.807) is 29.2 Å². The normalized spacial score (nSPS) is 25.5. The van der Waals surface area contributed by atoms with Crippen molar-refractivity contribution in [1.82, 2.24) is 10.2 Å². The summed E-state index contributed by atoms with van der Waals surface area (Å²) in [6, 6.07) is 14.8. The summed E-state index contributed by atoms with van der Waals surface area (Å²) in [7, 11) is 0. The van der Waals surface area contributed by atoms with Gasteiger partial charge in [-0.2, -0.15) is 0 Å². The number of ether oxygens (including phenoxy) is 2. The van der Waals surface area contributed by atoms with Crippen molar-refractivity contribution >= 4 is 11.8 Å². The number of aliphatic hydroxyl groups excluding tert-OH is 1. The maximum atomic E-state index is 13.3. The van der Waals surface area contributed by atoms with Crippen molar-refractivity contribution in [2.24, 2.45) is 0 Å². The van der Waals surface area contributed by atoms with Crippen LogP contribution >= 0.6 is 0 Å². The van der Waals surface area contributed by atoms with Crippen molar-refractivity contribution in [3.05, 3.63) is 71.5 Å². The zero-order chi connectivity index (χ0) is 23.2. The predicted octanol–water partition coefficient (Wildman–Crippen LogP) is 2.28. The summed E-state index contributed by atoms with van der Waals surface area (Å²) in [5.41, 5.74) is 1.25. The molecule has 2 amide bonds. The van der Waals surface area contributed by atoms with Crippen LogP contribution < -0.4 is 5.32 Å². The Kier molecular flexibility index (Phi) is 7.69. The zero-order valence-corrected chi connectivity index (χ0v) is 18.4. The van der Waals surface area contributed by atoms with Crippen LogP contribution in [-0.4, -0.2) is 65.9 Å². The van der Waals surface area contributed by atoms with E-state index in [9.17, 15) is 19.1 Å². The van der Waals surface area contributed by atoms with Gasteiger partial charge in [0.05, 0.1) is 37.9 Å². The maximum Gasteiger partial charge on any atom is 0.254 e. The molecule has 2 aliphatic heterocycles. The molecule has 4 rings (SSSR count). The van der Waals surface area contributed by atoms with Gasteiger partial charge in [0.25, 0.3) is 5.91 Å². The molecule has 0 bridgehead atoms. The van der Waals surface area contributed by atoms with Gasteiger partial charge in [-0.25, -0.2) is 4.39 Å². The van der Waals surface area contributed by atoms with Gasteiger partial charge in [0, 0.05) is 18.7 Å². The summed E-state index contributed by atoms with van der Waals surface area (Å²) < 4.78 is 25.1. The number of carbonyl (C=O) groups excluding carboxylic acids is 2. The van der Waals surface area contributed by atoms with Gasteiger partial charge in [-0.05, 0) is 42.7 Å². The molecule has 2 saturated heterocycles. The first-order chi connectivity index (χ1) is 16.0. The van der Waals surface area contributed by atoms with E-state index in [0.29, 0.717) is 24.0 Å². The Bertz CT molecular complexity index is 957. The Labute approximate surface area is 192 Å². The van der Waals surface area contributed by atoms with E-state index < -0.39 is 6.10 Å². The lowest BCUT2D eigenvalue weighted by atomic mass is 9.94. The number of hydrogen-bond acceptors (Lipinski definition) is 5. The van der Waals surface area contributed by atoms with E-state index in [0.717, 1.165) is 0 Å². The number of nitrogens with zero attached hydrogens (tertiary/aromatic N) is 1. The molecule has 0 aliphatic carbocycles. The molecular weight excluding hydrogens is 427 g/mol. The van der Waals surface area contributed by atoms with Crippen LogP contribution in [0.2, 0.25) is 0 Å². The van der Waals surface area contributed by atoms with Gasteiger partial charge in [-0.1, -0.05) is 30.3 Å². The second kappa shape index (κ2) is 10.9. The third-order valence-electron chi connectivity index (χ3n) is 6.05. The molecule has 2 fully saturated rings. The Hall–Kier alpha value is -2.81. The summed E-state index contributed by atoms with van der Waals surface area (Å²) in [6.45, 7) is 0.762. The molecule has 0 aromatic heterocycles. The molecule has 7 nitrogen and oxygen atoms in total. The third-order valence-corrected chi connectivity index (χ3v) is 6.05. The number of carbonyl (C=O) groups is 2. The smallest absolute Gasteiger partial charge is 0.254 e. The number of hydrogen-bond donors (Lipinski definition) is 2. The lowest BCUT2D eigenvalue weighted by Gasteiger charge is -2.44. The van der Waals surface area contributed by atoms with E-state index in [1.165, 1.54) is 12.1 Å². The fourth-order valence-electron chi connectivity index (χ4n) is 4.45. The highest BCUT2D eigenvalue weighted by molar-refractivity contribution is 5.94. The lowest BCUT2D eigenvalue weighted by molar-refractivity contribution is -0.151. The lowest BCUT2D eigenvalue weighted by Crippen LogP contribution is -2.57. The topological polar surface area (TPSA) is 88.1 Å². The molecule has 2 aliphatic rings. The van der Waals surface area contributed by atoms with E-state index >= 15 is 0 Å². The highest BCUT2D eigenvalue weighted by atomic mass is 19.1. The van der Waals surface area contributed by atoms with Gasteiger partial charge >= 0.3 is 0 Å². The standard InChI is InChI=1S/C25H29FN2O5/c26-19-8-4-5-17(11-19)13-27-24(30)12-21-9-10-22-23(33-21)16-32-15-20(29)14-28(22)25(31)18-6-2-1-3-7-18/h1-8,11,20-23,29H,9-10,12-16H2,(H,27,30)/t20-,21-,22-,23+/m1/s1. The molecule has 0 unspecified atom stereocenters. The second-order valence-corrected chi connectivity index (χ2v) is 8.57. The molecule has 2 N–H and O–H groups in total. The Morgan fingerprint density at radius 1 is 1.09 bits per heavy atom. The Morgan fingerprint density at radius 3 is 2.70 bits per heavy atom. The average molecular weight is 457 g/mol. The Morgan fingerprint density at radius 2 is 1.91 bits per heavy atom. The van der Waals surface area contributed by atoms with Crippen LogP contribution in [-0.2, 0) is 20.8 Å². The molecule has 176 valence electrons. The van der Waals surface area contributed by atoms with Crippen molar-refractivity contribution in [3.8, 4) is 0 Å². The first-order valence-electron chi connectivity index (χ1n) is 11.3. The molecule has 2 aromatic rings. The summed E-state index contributed by atoms with van der Waals surface area (Å²) >= 11 is 0. The van der Waals surface area contributed by atoms with E-state index in [-0.39, 0.29) is 68.6 Å². The minimum Gasteiger partial charge on any atom is -0.389 e. The molecule has 0 saturated carbocycles. The van der Waals surface area contributed by atoms with Gasteiger partial charge in [0.2, 0.25) is 5.91 Å². The summed E-state index contributed by atoms with van der Waals surface area (Å²) in [5, 5.41) is 13.1. The van der Waals surface area contributed by atoms with Crippen LogP contribution in [0, 0.1) is 5.82 Å². The Balaban J connectivity index is 1.37. The molecule has 0 radical (unpaired) electrons. The van der Waals surface area contributed by atoms with Gasteiger partial charge in [0.15, 0.2) is 0 Å². The minimum absolute atomic E-state index is 0.115. The molecule has 0 spiro atoms. The first-order valence-corrected chi connectivity index (χ1v) is 11.3. The molecule has 2 aromatic carbocycles. The number of benzene rings is 2. The number of aliphatic hydroxyl groups is 1. The van der Waals surface area contributed by atoms with E-state index in [1.807, 2.05) is 18.2 Å². The number of β-amino-alcohol motifs (C(OH)–C–C–N with tert-alkyl or cyclic N) is 1. The highest BCUT2D eigenvalue weighted by Gasteiger charge is 2.40. The SMILES string of the molecule is O=C(C[C@H]1CC[C@@H]2[C@H](COC[C@H](O)CN2C(=O)c2ccccc2)O1)NCc1cccc(F)c1. The maximum absolute atomic E-state index is 13.3. The van der Waals surface area contributed by atoms with Crippen LogP contribution in [0.4, 0.5) is 4.39 Å². The second-order valence-electron chi connectivity index (χ2n) is 8.57. The number of halogens is 1. The zero-order valence-electron chi connectivity index (χ0n) is 18.4. The third kappa shape index (κ3) is 6.16. The summed E-state index contributed by atoms with van der Waals surface area (Å²) in [6.07, 6.45) is -0.0525. The first kappa shape index (κ1) is 23.4. The van der Waals surface area contributed by atoms with Crippen LogP contribution in [0.1, 0.15) is 35.2 Å². The fourth-order valence-corrected chi connectivity index (χ4v) is 4.45. The van der Waals surface area contributed by atoms with Gasteiger partial charge < -0.3 is 24.8 Å².